The van der Waals surface area contributed by atoms with Crippen molar-refractivity contribution in [1.29, 1.82) is 0 Å². The first-order chi connectivity index (χ1) is 16.3. The Morgan fingerprint density at radius 2 is 2.00 bits per heavy atom. The maximum absolute atomic E-state index is 13.5. The minimum atomic E-state index is -0.313. The Bertz CT molecular complexity index is 1180. The summed E-state index contributed by atoms with van der Waals surface area (Å²) in [6, 6.07) is 11.8. The predicted molar refractivity (Wildman–Crippen MR) is 129 cm³/mol. The molecule has 8 heteroatoms. The molecule has 4 rings (SSSR count). The standard InChI is InChI=1S/C26H28FN3O3S/c1-16(2)13-28-26(32)23-15-34-24(29-23)14-33-21-9-6-18-10-11-30(17(3)31)25(22(18)12-21)19-4-7-20(27)8-5-19/h4-9,12,15-16,25H,10-11,13-14H2,1-3H3,(H,28,32). The molecule has 0 fully saturated rings. The van der Waals surface area contributed by atoms with Gasteiger partial charge in [0.2, 0.25) is 5.91 Å². The van der Waals surface area contributed by atoms with Crippen LogP contribution in [0.4, 0.5) is 4.39 Å². The van der Waals surface area contributed by atoms with Gasteiger partial charge in [-0.15, -0.1) is 11.3 Å². The molecule has 1 aromatic heterocycles. The summed E-state index contributed by atoms with van der Waals surface area (Å²) in [5.41, 5.74) is 3.35. The predicted octanol–water partition coefficient (Wildman–Crippen LogP) is 4.74. The number of halogens is 1. The van der Waals surface area contributed by atoms with Crippen molar-refractivity contribution in [1.82, 2.24) is 15.2 Å². The van der Waals surface area contributed by atoms with E-state index in [9.17, 15) is 14.0 Å². The average Bonchev–Trinajstić information content (AvgIpc) is 3.30. The molecule has 0 radical (unpaired) electrons. The molecule has 0 aliphatic carbocycles. The van der Waals surface area contributed by atoms with Gasteiger partial charge in [-0.25, -0.2) is 9.37 Å². The van der Waals surface area contributed by atoms with Crippen molar-refractivity contribution in [2.75, 3.05) is 13.1 Å². The molecule has 2 aromatic carbocycles. The summed E-state index contributed by atoms with van der Waals surface area (Å²) in [5, 5.41) is 5.30. The molecule has 1 atom stereocenters. The molecule has 1 aliphatic heterocycles. The highest BCUT2D eigenvalue weighted by Gasteiger charge is 2.31. The van der Waals surface area contributed by atoms with Crippen molar-refractivity contribution in [2.45, 2.75) is 39.8 Å². The Morgan fingerprint density at radius 1 is 1.24 bits per heavy atom. The summed E-state index contributed by atoms with van der Waals surface area (Å²) in [6.45, 7) is 7.07. The zero-order chi connectivity index (χ0) is 24.2. The number of nitrogens with zero attached hydrogens (tertiary/aromatic N) is 2. The third-order valence-electron chi connectivity index (χ3n) is 5.75. The molecule has 0 saturated heterocycles. The van der Waals surface area contributed by atoms with Gasteiger partial charge in [-0.3, -0.25) is 9.59 Å². The minimum absolute atomic E-state index is 0.0302. The second kappa shape index (κ2) is 10.3. The molecule has 0 bridgehead atoms. The highest BCUT2D eigenvalue weighted by atomic mass is 32.1. The third-order valence-corrected chi connectivity index (χ3v) is 6.58. The van der Waals surface area contributed by atoms with Gasteiger partial charge in [0.1, 0.15) is 28.9 Å². The summed E-state index contributed by atoms with van der Waals surface area (Å²) < 4.78 is 19.5. The molecular weight excluding hydrogens is 453 g/mol. The van der Waals surface area contributed by atoms with E-state index in [1.54, 1.807) is 24.4 Å². The van der Waals surface area contributed by atoms with Crippen LogP contribution in [0.2, 0.25) is 0 Å². The van der Waals surface area contributed by atoms with E-state index in [2.05, 4.69) is 10.3 Å². The molecule has 0 spiro atoms. The second-order valence-corrected chi connectivity index (χ2v) is 9.74. The summed E-state index contributed by atoms with van der Waals surface area (Å²) in [5.74, 6) is 0.491. The Balaban J connectivity index is 1.52. The number of carbonyl (C=O) groups excluding carboxylic acids is 2. The van der Waals surface area contributed by atoms with Crippen LogP contribution in [0.5, 0.6) is 5.75 Å². The number of ether oxygens (including phenoxy) is 1. The molecule has 3 aromatic rings. The van der Waals surface area contributed by atoms with E-state index >= 15 is 0 Å². The highest BCUT2D eigenvalue weighted by Crippen LogP contribution is 2.37. The van der Waals surface area contributed by atoms with Crippen LogP contribution >= 0.6 is 11.3 Å². The number of thiazole rings is 1. The fourth-order valence-corrected chi connectivity index (χ4v) is 4.73. The number of hydrogen-bond donors (Lipinski definition) is 1. The van der Waals surface area contributed by atoms with Crippen LogP contribution in [0, 0.1) is 11.7 Å². The van der Waals surface area contributed by atoms with E-state index in [0.717, 1.165) is 23.1 Å². The number of aromatic nitrogens is 1. The lowest BCUT2D eigenvalue weighted by Gasteiger charge is -2.37. The van der Waals surface area contributed by atoms with Crippen LogP contribution in [0.25, 0.3) is 0 Å². The normalized spacial score (nSPS) is 15.2. The Hall–Kier alpha value is -3.26. The number of hydrogen-bond acceptors (Lipinski definition) is 5. The van der Waals surface area contributed by atoms with E-state index in [1.807, 2.05) is 36.9 Å². The van der Waals surface area contributed by atoms with Crippen molar-refractivity contribution in [2.24, 2.45) is 5.92 Å². The first-order valence-electron chi connectivity index (χ1n) is 11.3. The van der Waals surface area contributed by atoms with Gasteiger partial charge >= 0.3 is 0 Å². The lowest BCUT2D eigenvalue weighted by atomic mass is 9.88. The van der Waals surface area contributed by atoms with Crippen molar-refractivity contribution in [3.63, 3.8) is 0 Å². The maximum atomic E-state index is 13.5. The third kappa shape index (κ3) is 5.44. The quantitative estimate of drug-likeness (QED) is 0.529. The molecule has 2 heterocycles. The van der Waals surface area contributed by atoms with Crippen LogP contribution in [0.3, 0.4) is 0 Å². The van der Waals surface area contributed by atoms with E-state index in [0.29, 0.717) is 35.5 Å². The van der Waals surface area contributed by atoms with Crippen LogP contribution in [-0.4, -0.2) is 34.8 Å². The molecule has 34 heavy (non-hydrogen) atoms. The first kappa shape index (κ1) is 23.9. The smallest absolute Gasteiger partial charge is 0.270 e. The van der Waals surface area contributed by atoms with Crippen LogP contribution in [-0.2, 0) is 17.8 Å². The van der Waals surface area contributed by atoms with Crippen molar-refractivity contribution in [3.8, 4) is 5.75 Å². The molecule has 178 valence electrons. The number of carbonyl (C=O) groups is 2. The van der Waals surface area contributed by atoms with Gasteiger partial charge < -0.3 is 15.0 Å². The zero-order valence-corrected chi connectivity index (χ0v) is 20.3. The van der Waals surface area contributed by atoms with Crippen molar-refractivity contribution in [3.05, 3.63) is 81.1 Å². The van der Waals surface area contributed by atoms with E-state index in [-0.39, 0.29) is 30.3 Å². The number of amides is 2. The van der Waals surface area contributed by atoms with Gasteiger partial charge in [0, 0.05) is 25.4 Å². The molecule has 0 saturated carbocycles. The lowest BCUT2D eigenvalue weighted by Crippen LogP contribution is -2.39. The van der Waals surface area contributed by atoms with E-state index in [4.69, 9.17) is 4.74 Å². The molecule has 1 unspecified atom stereocenters. The summed E-state index contributed by atoms with van der Waals surface area (Å²) >= 11 is 1.38. The number of rotatable bonds is 7. The minimum Gasteiger partial charge on any atom is -0.486 e. The fourth-order valence-electron chi connectivity index (χ4n) is 4.04. The number of fused-ring (bicyclic) bond motifs is 1. The Kier molecular flexibility index (Phi) is 7.26. The van der Waals surface area contributed by atoms with E-state index in [1.165, 1.54) is 23.5 Å². The molecule has 1 aliphatic rings. The zero-order valence-electron chi connectivity index (χ0n) is 19.5. The summed E-state index contributed by atoms with van der Waals surface area (Å²) in [4.78, 5) is 30.8. The van der Waals surface area contributed by atoms with Gasteiger partial charge in [-0.1, -0.05) is 32.0 Å². The van der Waals surface area contributed by atoms with E-state index < -0.39 is 0 Å². The van der Waals surface area contributed by atoms with Gasteiger partial charge in [0.25, 0.3) is 5.91 Å². The van der Waals surface area contributed by atoms with Crippen LogP contribution in [0.1, 0.15) is 59.0 Å². The topological polar surface area (TPSA) is 71.5 Å². The monoisotopic (exact) mass is 481 g/mol. The first-order valence-corrected chi connectivity index (χ1v) is 12.2. The van der Waals surface area contributed by atoms with Gasteiger partial charge in [-0.2, -0.15) is 0 Å². The largest absolute Gasteiger partial charge is 0.486 e. The second-order valence-electron chi connectivity index (χ2n) is 8.80. The van der Waals surface area contributed by atoms with Crippen LogP contribution in [0.15, 0.2) is 47.8 Å². The SMILES string of the molecule is CC(=O)N1CCc2ccc(OCc3nc(C(=O)NCC(C)C)cs3)cc2C1c1ccc(F)cc1. The molecule has 6 nitrogen and oxygen atoms in total. The molecule has 2 amide bonds. The van der Waals surface area contributed by atoms with Gasteiger partial charge in [0.15, 0.2) is 0 Å². The Labute approximate surface area is 202 Å². The fraction of sp³-hybridized carbons (Fsp3) is 0.346. The van der Waals surface area contributed by atoms with Crippen LogP contribution < -0.4 is 10.1 Å². The van der Waals surface area contributed by atoms with Crippen molar-refractivity contribution < 1.29 is 18.7 Å². The molecule has 1 N–H and O–H groups in total. The summed E-state index contributed by atoms with van der Waals surface area (Å²) in [6.07, 6.45) is 0.744. The lowest BCUT2D eigenvalue weighted by molar-refractivity contribution is -0.130. The van der Waals surface area contributed by atoms with Crippen molar-refractivity contribution >= 4 is 23.2 Å². The van der Waals surface area contributed by atoms with Gasteiger partial charge in [0.05, 0.1) is 6.04 Å². The number of nitrogens with one attached hydrogen (secondary N) is 1. The maximum Gasteiger partial charge on any atom is 0.270 e. The molecular formula is C26H28FN3O3S. The average molecular weight is 482 g/mol. The Morgan fingerprint density at radius 3 is 2.71 bits per heavy atom. The number of benzene rings is 2. The summed E-state index contributed by atoms with van der Waals surface area (Å²) in [7, 11) is 0. The highest BCUT2D eigenvalue weighted by molar-refractivity contribution is 7.09. The van der Waals surface area contributed by atoms with Gasteiger partial charge in [-0.05, 0) is 53.3 Å².